The molecule has 0 bridgehead atoms. The van der Waals surface area contributed by atoms with E-state index in [-0.39, 0.29) is 0 Å². The molecule has 3 rings (SSSR count). The summed E-state index contributed by atoms with van der Waals surface area (Å²) in [6.07, 6.45) is 1.04. The van der Waals surface area contributed by atoms with E-state index in [1.807, 2.05) is 24.3 Å². The molecule has 0 saturated heterocycles. The van der Waals surface area contributed by atoms with Gasteiger partial charge in [0.2, 0.25) is 5.82 Å². The van der Waals surface area contributed by atoms with Crippen LogP contribution in [0.1, 0.15) is 18.1 Å². The van der Waals surface area contributed by atoms with Gasteiger partial charge in [-0.25, -0.2) is 0 Å². The van der Waals surface area contributed by atoms with E-state index in [2.05, 4.69) is 46.6 Å². The third-order valence-electron chi connectivity index (χ3n) is 3.65. The molecular formula is C18H19N3O2. The average molecular weight is 309 g/mol. The molecule has 0 fully saturated rings. The van der Waals surface area contributed by atoms with E-state index in [4.69, 9.17) is 9.26 Å². The van der Waals surface area contributed by atoms with Crippen molar-refractivity contribution in [3.8, 4) is 17.1 Å². The first-order valence-electron chi connectivity index (χ1n) is 7.58. The minimum absolute atomic E-state index is 0.412. The van der Waals surface area contributed by atoms with Crippen molar-refractivity contribution in [2.75, 3.05) is 12.4 Å². The molecule has 0 unspecified atom stereocenters. The van der Waals surface area contributed by atoms with Gasteiger partial charge in [0.25, 0.3) is 0 Å². The molecule has 5 nitrogen and oxygen atoms in total. The zero-order valence-electron chi connectivity index (χ0n) is 13.2. The standard InChI is InChI=1S/C18H19N3O2/c1-3-13-4-6-14(7-5-13)12-19-18-20-17(21-23-18)15-8-10-16(22-2)11-9-15/h4-11H,3,12H2,1-2H3,(H,19,20,21). The minimum Gasteiger partial charge on any atom is -0.497 e. The molecule has 2 aromatic carbocycles. The minimum atomic E-state index is 0.412. The van der Waals surface area contributed by atoms with E-state index >= 15 is 0 Å². The Hall–Kier alpha value is -2.82. The Kier molecular flexibility index (Phi) is 4.57. The van der Waals surface area contributed by atoms with Crippen LogP contribution in [-0.4, -0.2) is 17.3 Å². The van der Waals surface area contributed by atoms with Gasteiger partial charge in [0.05, 0.1) is 7.11 Å². The molecule has 0 aliphatic carbocycles. The molecule has 0 spiro atoms. The van der Waals surface area contributed by atoms with Gasteiger partial charge >= 0.3 is 6.01 Å². The van der Waals surface area contributed by atoms with Crippen molar-refractivity contribution in [2.24, 2.45) is 0 Å². The van der Waals surface area contributed by atoms with E-state index < -0.39 is 0 Å². The summed E-state index contributed by atoms with van der Waals surface area (Å²) < 4.78 is 10.4. The van der Waals surface area contributed by atoms with Gasteiger partial charge in [0.15, 0.2) is 0 Å². The fourth-order valence-electron chi connectivity index (χ4n) is 2.22. The van der Waals surface area contributed by atoms with Gasteiger partial charge in [-0.3, -0.25) is 0 Å². The van der Waals surface area contributed by atoms with Gasteiger partial charge in [0.1, 0.15) is 5.75 Å². The SMILES string of the molecule is CCc1ccc(CNc2nc(-c3ccc(OC)cc3)no2)cc1. The number of anilines is 1. The van der Waals surface area contributed by atoms with E-state index in [1.165, 1.54) is 11.1 Å². The summed E-state index contributed by atoms with van der Waals surface area (Å²) in [4.78, 5) is 4.36. The van der Waals surface area contributed by atoms with Crippen molar-refractivity contribution in [3.63, 3.8) is 0 Å². The lowest BCUT2D eigenvalue weighted by atomic mass is 10.1. The summed E-state index contributed by atoms with van der Waals surface area (Å²) in [6.45, 7) is 2.79. The number of benzene rings is 2. The molecule has 1 aromatic heterocycles. The Labute approximate surface area is 135 Å². The quantitative estimate of drug-likeness (QED) is 0.748. The van der Waals surface area contributed by atoms with Crippen molar-refractivity contribution in [1.82, 2.24) is 10.1 Å². The summed E-state index contributed by atoms with van der Waals surface area (Å²) in [6, 6.07) is 16.4. The van der Waals surface area contributed by atoms with Crippen molar-refractivity contribution < 1.29 is 9.26 Å². The molecule has 23 heavy (non-hydrogen) atoms. The zero-order valence-corrected chi connectivity index (χ0v) is 13.2. The molecule has 0 radical (unpaired) electrons. The number of aromatic nitrogens is 2. The van der Waals surface area contributed by atoms with Gasteiger partial charge in [-0.2, -0.15) is 4.98 Å². The van der Waals surface area contributed by atoms with Crippen LogP contribution in [0.3, 0.4) is 0 Å². The van der Waals surface area contributed by atoms with Crippen LogP contribution < -0.4 is 10.1 Å². The monoisotopic (exact) mass is 309 g/mol. The maximum atomic E-state index is 5.24. The summed E-state index contributed by atoms with van der Waals surface area (Å²) in [5.74, 6) is 1.35. The summed E-state index contributed by atoms with van der Waals surface area (Å²) in [5.41, 5.74) is 3.38. The van der Waals surface area contributed by atoms with Crippen LogP contribution in [0.15, 0.2) is 53.1 Å². The highest BCUT2D eigenvalue weighted by atomic mass is 16.5. The molecule has 0 amide bonds. The topological polar surface area (TPSA) is 60.2 Å². The number of methoxy groups -OCH3 is 1. The highest BCUT2D eigenvalue weighted by molar-refractivity contribution is 5.56. The van der Waals surface area contributed by atoms with Gasteiger partial charge in [-0.05, 0) is 41.8 Å². The average Bonchev–Trinajstić information content (AvgIpc) is 3.09. The number of hydrogen-bond acceptors (Lipinski definition) is 5. The second kappa shape index (κ2) is 6.96. The summed E-state index contributed by atoms with van der Waals surface area (Å²) in [7, 11) is 1.64. The van der Waals surface area contributed by atoms with Gasteiger partial charge in [-0.1, -0.05) is 36.3 Å². The number of rotatable bonds is 6. The van der Waals surface area contributed by atoms with E-state index in [1.54, 1.807) is 7.11 Å². The van der Waals surface area contributed by atoms with Crippen LogP contribution in [0.25, 0.3) is 11.4 Å². The smallest absolute Gasteiger partial charge is 0.322 e. The van der Waals surface area contributed by atoms with Crippen LogP contribution in [0.4, 0.5) is 6.01 Å². The molecular weight excluding hydrogens is 290 g/mol. The molecule has 118 valence electrons. The van der Waals surface area contributed by atoms with Crippen molar-refractivity contribution in [3.05, 3.63) is 59.7 Å². The fourth-order valence-corrected chi connectivity index (χ4v) is 2.22. The van der Waals surface area contributed by atoms with Crippen LogP contribution >= 0.6 is 0 Å². The Morgan fingerprint density at radius 1 is 1.00 bits per heavy atom. The third-order valence-corrected chi connectivity index (χ3v) is 3.65. The highest BCUT2D eigenvalue weighted by Crippen LogP contribution is 2.21. The lowest BCUT2D eigenvalue weighted by Gasteiger charge is -2.02. The first-order chi connectivity index (χ1) is 11.3. The van der Waals surface area contributed by atoms with E-state index in [0.717, 1.165) is 17.7 Å². The Bertz CT molecular complexity index is 749. The number of nitrogens with one attached hydrogen (secondary N) is 1. The molecule has 5 heteroatoms. The predicted octanol–water partition coefficient (Wildman–Crippen LogP) is 3.92. The highest BCUT2D eigenvalue weighted by Gasteiger charge is 2.08. The second-order valence-corrected chi connectivity index (χ2v) is 5.18. The number of nitrogens with zero attached hydrogens (tertiary/aromatic N) is 2. The Morgan fingerprint density at radius 3 is 2.35 bits per heavy atom. The first kappa shape index (κ1) is 15.1. The summed E-state index contributed by atoms with van der Waals surface area (Å²) >= 11 is 0. The Balaban J connectivity index is 1.64. The third kappa shape index (κ3) is 3.69. The molecule has 1 heterocycles. The zero-order chi connectivity index (χ0) is 16.1. The molecule has 1 N–H and O–H groups in total. The van der Waals surface area contributed by atoms with E-state index in [0.29, 0.717) is 18.4 Å². The Morgan fingerprint density at radius 2 is 1.70 bits per heavy atom. The molecule has 0 saturated carbocycles. The fraction of sp³-hybridized carbons (Fsp3) is 0.222. The van der Waals surface area contributed by atoms with Crippen molar-refractivity contribution in [1.29, 1.82) is 0 Å². The molecule has 3 aromatic rings. The van der Waals surface area contributed by atoms with Gasteiger partial charge < -0.3 is 14.6 Å². The molecule has 0 atom stereocenters. The van der Waals surface area contributed by atoms with Crippen molar-refractivity contribution in [2.45, 2.75) is 19.9 Å². The number of aryl methyl sites for hydroxylation is 1. The van der Waals surface area contributed by atoms with Crippen molar-refractivity contribution >= 4 is 6.01 Å². The normalized spacial score (nSPS) is 10.5. The maximum absolute atomic E-state index is 5.24. The lowest BCUT2D eigenvalue weighted by molar-refractivity contribution is 0.415. The number of hydrogen-bond donors (Lipinski definition) is 1. The van der Waals surface area contributed by atoms with Gasteiger partial charge in [-0.15, -0.1) is 0 Å². The van der Waals surface area contributed by atoms with Crippen LogP contribution in [0, 0.1) is 0 Å². The molecule has 0 aliphatic heterocycles. The number of ether oxygens (including phenoxy) is 1. The van der Waals surface area contributed by atoms with Crippen LogP contribution in [0.2, 0.25) is 0 Å². The molecule has 0 aliphatic rings. The second-order valence-electron chi connectivity index (χ2n) is 5.18. The first-order valence-corrected chi connectivity index (χ1v) is 7.58. The van der Waals surface area contributed by atoms with Crippen LogP contribution in [0.5, 0.6) is 5.75 Å². The largest absolute Gasteiger partial charge is 0.497 e. The predicted molar refractivity (Wildman–Crippen MR) is 89.4 cm³/mol. The van der Waals surface area contributed by atoms with Crippen LogP contribution in [-0.2, 0) is 13.0 Å². The van der Waals surface area contributed by atoms with Gasteiger partial charge in [0, 0.05) is 12.1 Å². The maximum Gasteiger partial charge on any atom is 0.322 e. The summed E-state index contributed by atoms with van der Waals surface area (Å²) in [5, 5.41) is 7.14. The lowest BCUT2D eigenvalue weighted by Crippen LogP contribution is -1.99. The van der Waals surface area contributed by atoms with E-state index in [9.17, 15) is 0 Å².